The molecule has 0 atom stereocenters. The molecule has 0 bridgehead atoms. The van der Waals surface area contributed by atoms with Crippen LogP contribution in [0.2, 0.25) is 0 Å². The molecule has 0 radical (unpaired) electrons. The molecule has 2 rings (SSSR count). The van der Waals surface area contributed by atoms with Crippen molar-refractivity contribution in [3.05, 3.63) is 30.7 Å². The summed E-state index contributed by atoms with van der Waals surface area (Å²) in [7, 11) is 0. The Labute approximate surface area is 69.0 Å². The molecule has 0 aromatic carbocycles. The molecule has 2 N–H and O–H groups in total. The molecule has 0 aromatic rings. The lowest BCUT2D eigenvalue weighted by atomic mass is 10.2. The van der Waals surface area contributed by atoms with E-state index in [2.05, 4.69) is 4.98 Å². The highest BCUT2D eigenvalue weighted by Crippen LogP contribution is 2.17. The molecule has 60 valence electrons. The van der Waals surface area contributed by atoms with E-state index in [1.165, 1.54) is 4.57 Å². The van der Waals surface area contributed by atoms with E-state index in [4.69, 9.17) is 5.73 Å². The maximum absolute atomic E-state index is 10.7. The SMILES string of the molecule is NC(=O)n1ccc2ccnc-2c1. The summed E-state index contributed by atoms with van der Waals surface area (Å²) in [6.07, 6.45) is 4.92. The van der Waals surface area contributed by atoms with Crippen molar-refractivity contribution in [1.29, 1.82) is 0 Å². The van der Waals surface area contributed by atoms with Gasteiger partial charge in [-0.25, -0.2) is 4.79 Å². The summed E-state index contributed by atoms with van der Waals surface area (Å²) < 4.78 is 1.30. The second kappa shape index (κ2) is 2.34. The number of nitrogens with two attached hydrogens (primary N) is 1. The van der Waals surface area contributed by atoms with Crippen molar-refractivity contribution < 1.29 is 4.79 Å². The Morgan fingerprint density at radius 3 is 3.08 bits per heavy atom. The summed E-state index contributed by atoms with van der Waals surface area (Å²) in [6, 6.07) is 3.17. The minimum Gasteiger partial charge on any atom is -0.351 e. The number of fused-ring (bicyclic) bond motifs is 1. The number of carbonyl (C=O) groups excluding carboxylic acids is 1. The molecule has 0 spiro atoms. The molecule has 4 nitrogen and oxygen atoms in total. The standard InChI is InChI=1S/C8H7N3O/c9-8(12)11-4-2-6-1-3-10-7(6)5-11/h1-5H,(H2,9,12). The normalized spacial score (nSPS) is 10.3. The molecule has 2 heterocycles. The van der Waals surface area contributed by atoms with E-state index in [9.17, 15) is 4.79 Å². The van der Waals surface area contributed by atoms with Crippen LogP contribution >= 0.6 is 0 Å². The fraction of sp³-hybridized carbons (Fsp3) is 0. The lowest BCUT2D eigenvalue weighted by Gasteiger charge is -2.02. The van der Waals surface area contributed by atoms with Crippen LogP contribution in [-0.2, 0) is 0 Å². The van der Waals surface area contributed by atoms with Gasteiger partial charge in [-0.15, -0.1) is 0 Å². The van der Waals surface area contributed by atoms with Crippen LogP contribution in [0, 0.1) is 0 Å². The van der Waals surface area contributed by atoms with Crippen LogP contribution in [0.15, 0.2) is 30.7 Å². The van der Waals surface area contributed by atoms with Gasteiger partial charge in [0.15, 0.2) is 0 Å². The Morgan fingerprint density at radius 1 is 1.50 bits per heavy atom. The Bertz CT molecular complexity index is 393. The minimum absolute atomic E-state index is 0.500. The zero-order valence-corrected chi connectivity index (χ0v) is 6.27. The van der Waals surface area contributed by atoms with Crippen LogP contribution < -0.4 is 5.73 Å². The third kappa shape index (κ3) is 0.934. The number of pyridine rings is 1. The summed E-state index contributed by atoms with van der Waals surface area (Å²) in [5, 5.41) is 0. The average Bonchev–Trinajstić information content (AvgIpc) is 2.49. The molecule has 0 saturated heterocycles. The van der Waals surface area contributed by atoms with Crippen molar-refractivity contribution >= 4 is 6.03 Å². The summed E-state index contributed by atoms with van der Waals surface area (Å²) in [5.74, 6) is 0. The predicted octanol–water partition coefficient (Wildman–Crippen LogP) is 0.915. The summed E-state index contributed by atoms with van der Waals surface area (Å²) in [4.78, 5) is 14.8. The molecular formula is C8H7N3O. The van der Waals surface area contributed by atoms with E-state index in [-0.39, 0.29) is 0 Å². The fourth-order valence-corrected chi connectivity index (χ4v) is 1.08. The number of carbonyl (C=O) groups is 1. The van der Waals surface area contributed by atoms with Gasteiger partial charge in [0.25, 0.3) is 0 Å². The smallest absolute Gasteiger partial charge is 0.322 e. The molecule has 12 heavy (non-hydrogen) atoms. The zero-order chi connectivity index (χ0) is 8.55. The number of primary amides is 1. The summed E-state index contributed by atoms with van der Waals surface area (Å²) in [6.45, 7) is 0. The quantitative estimate of drug-likeness (QED) is 0.624. The summed E-state index contributed by atoms with van der Waals surface area (Å²) in [5.41, 5.74) is 6.85. The van der Waals surface area contributed by atoms with E-state index < -0.39 is 6.03 Å². The van der Waals surface area contributed by atoms with E-state index >= 15 is 0 Å². The van der Waals surface area contributed by atoms with Gasteiger partial charge in [0.05, 0.1) is 5.69 Å². The second-order valence-electron chi connectivity index (χ2n) is 2.48. The lowest BCUT2D eigenvalue weighted by Crippen LogP contribution is -2.19. The number of amides is 1. The van der Waals surface area contributed by atoms with E-state index in [1.54, 1.807) is 24.7 Å². The van der Waals surface area contributed by atoms with Gasteiger partial charge in [0.1, 0.15) is 0 Å². The molecule has 2 aliphatic rings. The Kier molecular flexibility index (Phi) is 1.33. The van der Waals surface area contributed by atoms with Crippen molar-refractivity contribution in [3.63, 3.8) is 0 Å². The van der Waals surface area contributed by atoms with Crippen molar-refractivity contribution in [2.45, 2.75) is 0 Å². The molecule has 0 fully saturated rings. The topological polar surface area (TPSA) is 60.9 Å². The van der Waals surface area contributed by atoms with Gasteiger partial charge in [-0.3, -0.25) is 9.55 Å². The third-order valence-electron chi connectivity index (χ3n) is 1.69. The van der Waals surface area contributed by atoms with Crippen molar-refractivity contribution in [2.75, 3.05) is 0 Å². The van der Waals surface area contributed by atoms with Gasteiger partial charge in [-0.2, -0.15) is 0 Å². The van der Waals surface area contributed by atoms with Crippen molar-refractivity contribution in [2.24, 2.45) is 5.73 Å². The molecule has 0 unspecified atom stereocenters. The van der Waals surface area contributed by atoms with Crippen LogP contribution in [0.1, 0.15) is 0 Å². The third-order valence-corrected chi connectivity index (χ3v) is 1.69. The number of nitrogens with zero attached hydrogens (tertiary/aromatic N) is 2. The Hall–Kier alpha value is -1.84. The molecular weight excluding hydrogens is 154 g/mol. The van der Waals surface area contributed by atoms with E-state index in [0.717, 1.165) is 11.3 Å². The van der Waals surface area contributed by atoms with E-state index in [0.29, 0.717) is 0 Å². The maximum atomic E-state index is 10.7. The molecule has 0 aliphatic carbocycles. The monoisotopic (exact) mass is 161 g/mol. The predicted molar refractivity (Wildman–Crippen MR) is 43.8 cm³/mol. The largest absolute Gasteiger partial charge is 0.351 e. The van der Waals surface area contributed by atoms with Crippen LogP contribution in [0.4, 0.5) is 4.79 Å². The van der Waals surface area contributed by atoms with Crippen LogP contribution in [0.25, 0.3) is 11.3 Å². The second-order valence-corrected chi connectivity index (χ2v) is 2.48. The highest BCUT2D eigenvalue weighted by Gasteiger charge is 2.04. The van der Waals surface area contributed by atoms with Crippen molar-refractivity contribution in [1.82, 2.24) is 9.55 Å². The Morgan fingerprint density at radius 2 is 2.33 bits per heavy atom. The number of hydrogen-bond donors (Lipinski definition) is 1. The van der Waals surface area contributed by atoms with Gasteiger partial charge in [-0.05, 0) is 12.1 Å². The van der Waals surface area contributed by atoms with Crippen LogP contribution in [-0.4, -0.2) is 15.6 Å². The first-order valence-corrected chi connectivity index (χ1v) is 3.50. The Balaban J connectivity index is 2.62. The maximum Gasteiger partial charge on any atom is 0.322 e. The van der Waals surface area contributed by atoms with E-state index in [1.807, 2.05) is 6.07 Å². The molecule has 2 aliphatic heterocycles. The molecule has 0 aromatic heterocycles. The first kappa shape index (κ1) is 6.84. The highest BCUT2D eigenvalue weighted by atomic mass is 16.2. The van der Waals surface area contributed by atoms with Crippen LogP contribution in [0.3, 0.4) is 0 Å². The van der Waals surface area contributed by atoms with Gasteiger partial charge < -0.3 is 5.73 Å². The number of hydrogen-bond acceptors (Lipinski definition) is 2. The molecule has 1 amide bonds. The zero-order valence-electron chi connectivity index (χ0n) is 6.27. The van der Waals surface area contributed by atoms with Gasteiger partial charge >= 0.3 is 6.03 Å². The number of rotatable bonds is 0. The van der Waals surface area contributed by atoms with Gasteiger partial charge in [-0.1, -0.05) is 0 Å². The summed E-state index contributed by atoms with van der Waals surface area (Å²) >= 11 is 0. The fourth-order valence-electron chi connectivity index (χ4n) is 1.08. The number of aromatic nitrogens is 2. The molecule has 4 heteroatoms. The average molecular weight is 161 g/mol. The van der Waals surface area contributed by atoms with Gasteiger partial charge in [0, 0.05) is 24.2 Å². The lowest BCUT2D eigenvalue weighted by molar-refractivity contribution is 0.250. The highest BCUT2D eigenvalue weighted by molar-refractivity contribution is 5.76. The van der Waals surface area contributed by atoms with Crippen LogP contribution in [0.5, 0.6) is 0 Å². The first-order chi connectivity index (χ1) is 5.77. The first-order valence-electron chi connectivity index (χ1n) is 3.50. The molecule has 0 saturated carbocycles. The van der Waals surface area contributed by atoms with Crippen molar-refractivity contribution in [3.8, 4) is 11.3 Å². The minimum atomic E-state index is -0.500. The van der Waals surface area contributed by atoms with Gasteiger partial charge in [0.2, 0.25) is 0 Å².